The SMILES string of the molecule is CCCc1cccc(C(O)c2cncn2C(C)C)c1. The van der Waals surface area contributed by atoms with E-state index in [1.807, 2.05) is 16.7 Å². The lowest BCUT2D eigenvalue weighted by atomic mass is 10.0. The van der Waals surface area contributed by atoms with Gasteiger partial charge in [0.25, 0.3) is 0 Å². The first-order chi connectivity index (χ1) is 9.13. The van der Waals surface area contributed by atoms with Crippen molar-refractivity contribution < 1.29 is 5.11 Å². The van der Waals surface area contributed by atoms with Gasteiger partial charge >= 0.3 is 0 Å². The lowest BCUT2D eigenvalue weighted by molar-refractivity contribution is 0.208. The Bertz CT molecular complexity index is 531. The Hall–Kier alpha value is -1.61. The quantitative estimate of drug-likeness (QED) is 0.891. The van der Waals surface area contributed by atoms with Crippen LogP contribution in [0, 0.1) is 0 Å². The highest BCUT2D eigenvalue weighted by Gasteiger charge is 2.16. The van der Waals surface area contributed by atoms with Crippen LogP contribution >= 0.6 is 0 Å². The van der Waals surface area contributed by atoms with E-state index in [2.05, 4.69) is 37.9 Å². The zero-order valence-corrected chi connectivity index (χ0v) is 11.9. The molecule has 0 fully saturated rings. The molecule has 0 bridgehead atoms. The summed E-state index contributed by atoms with van der Waals surface area (Å²) in [7, 11) is 0. The molecule has 0 aliphatic rings. The summed E-state index contributed by atoms with van der Waals surface area (Å²) in [5, 5.41) is 10.5. The molecule has 3 nitrogen and oxygen atoms in total. The van der Waals surface area contributed by atoms with Crippen LogP contribution in [0.1, 0.15) is 56.2 Å². The van der Waals surface area contributed by atoms with Gasteiger partial charge in [0.1, 0.15) is 6.10 Å². The Morgan fingerprint density at radius 2 is 2.11 bits per heavy atom. The van der Waals surface area contributed by atoms with Gasteiger partial charge in [-0.25, -0.2) is 4.98 Å². The molecule has 0 spiro atoms. The number of imidazole rings is 1. The van der Waals surface area contributed by atoms with Gasteiger partial charge in [0.2, 0.25) is 0 Å². The molecule has 2 aromatic rings. The zero-order chi connectivity index (χ0) is 13.8. The average Bonchev–Trinajstić information content (AvgIpc) is 2.88. The van der Waals surface area contributed by atoms with Crippen LogP contribution in [0.3, 0.4) is 0 Å². The smallest absolute Gasteiger partial charge is 0.121 e. The van der Waals surface area contributed by atoms with Crippen molar-refractivity contribution in [3.8, 4) is 0 Å². The molecule has 19 heavy (non-hydrogen) atoms. The monoisotopic (exact) mass is 258 g/mol. The van der Waals surface area contributed by atoms with Gasteiger partial charge in [-0.2, -0.15) is 0 Å². The van der Waals surface area contributed by atoms with Crippen molar-refractivity contribution in [3.63, 3.8) is 0 Å². The van der Waals surface area contributed by atoms with Crippen LogP contribution in [-0.2, 0) is 6.42 Å². The van der Waals surface area contributed by atoms with E-state index in [0.29, 0.717) is 6.04 Å². The predicted octanol–water partition coefficient (Wildman–Crippen LogP) is 3.50. The molecule has 0 radical (unpaired) electrons. The number of nitrogens with zero attached hydrogens (tertiary/aromatic N) is 2. The van der Waals surface area contributed by atoms with Crippen LogP contribution in [0.4, 0.5) is 0 Å². The minimum absolute atomic E-state index is 0.297. The summed E-state index contributed by atoms with van der Waals surface area (Å²) in [6, 6.07) is 8.48. The van der Waals surface area contributed by atoms with Gasteiger partial charge in [0.05, 0.1) is 18.2 Å². The van der Waals surface area contributed by atoms with Crippen molar-refractivity contribution in [1.29, 1.82) is 0 Å². The standard InChI is InChI=1S/C16H22N2O/c1-4-6-13-7-5-8-14(9-13)16(19)15-10-17-11-18(15)12(2)3/h5,7-12,16,19H,4,6H2,1-3H3. The molecule has 1 aromatic carbocycles. The Morgan fingerprint density at radius 3 is 2.79 bits per heavy atom. The van der Waals surface area contributed by atoms with Crippen molar-refractivity contribution in [1.82, 2.24) is 9.55 Å². The maximum atomic E-state index is 10.5. The maximum Gasteiger partial charge on any atom is 0.121 e. The second-order valence-corrected chi connectivity index (χ2v) is 5.22. The van der Waals surface area contributed by atoms with E-state index in [1.165, 1.54) is 5.56 Å². The van der Waals surface area contributed by atoms with Gasteiger partial charge in [0, 0.05) is 6.04 Å². The first-order valence-corrected chi connectivity index (χ1v) is 6.92. The normalized spacial score (nSPS) is 12.9. The fraction of sp³-hybridized carbons (Fsp3) is 0.438. The molecule has 1 heterocycles. The third kappa shape index (κ3) is 3.04. The maximum absolute atomic E-state index is 10.5. The lowest BCUT2D eigenvalue weighted by Crippen LogP contribution is -2.10. The fourth-order valence-electron chi connectivity index (χ4n) is 2.34. The number of aromatic nitrogens is 2. The highest BCUT2D eigenvalue weighted by molar-refractivity contribution is 5.30. The van der Waals surface area contributed by atoms with Gasteiger partial charge in [-0.05, 0) is 31.4 Å². The molecule has 3 heteroatoms. The molecular weight excluding hydrogens is 236 g/mol. The largest absolute Gasteiger partial charge is 0.382 e. The van der Waals surface area contributed by atoms with E-state index in [9.17, 15) is 5.11 Å². The Balaban J connectivity index is 2.30. The summed E-state index contributed by atoms with van der Waals surface area (Å²) >= 11 is 0. The molecule has 0 saturated carbocycles. The van der Waals surface area contributed by atoms with Crippen LogP contribution in [0.5, 0.6) is 0 Å². The minimum Gasteiger partial charge on any atom is -0.382 e. The molecule has 0 aliphatic carbocycles. The Kier molecular flexibility index (Phi) is 4.38. The summed E-state index contributed by atoms with van der Waals surface area (Å²) < 4.78 is 2.01. The minimum atomic E-state index is -0.610. The number of hydrogen-bond donors (Lipinski definition) is 1. The molecule has 102 valence electrons. The molecule has 0 saturated heterocycles. The van der Waals surface area contributed by atoms with Crippen molar-refractivity contribution in [2.45, 2.75) is 45.8 Å². The lowest BCUT2D eigenvalue weighted by Gasteiger charge is -2.17. The van der Waals surface area contributed by atoms with Crippen molar-refractivity contribution in [2.24, 2.45) is 0 Å². The van der Waals surface area contributed by atoms with Gasteiger partial charge in [-0.15, -0.1) is 0 Å². The number of aliphatic hydroxyl groups is 1. The second-order valence-electron chi connectivity index (χ2n) is 5.22. The molecular formula is C16H22N2O. The average molecular weight is 258 g/mol. The highest BCUT2D eigenvalue weighted by atomic mass is 16.3. The highest BCUT2D eigenvalue weighted by Crippen LogP contribution is 2.24. The van der Waals surface area contributed by atoms with Gasteiger partial charge in [0.15, 0.2) is 0 Å². The number of benzene rings is 1. The van der Waals surface area contributed by atoms with E-state index < -0.39 is 6.10 Å². The molecule has 0 amide bonds. The second kappa shape index (κ2) is 6.02. The van der Waals surface area contributed by atoms with Crippen molar-refractivity contribution in [3.05, 3.63) is 53.6 Å². The molecule has 1 N–H and O–H groups in total. The van der Waals surface area contributed by atoms with E-state index in [0.717, 1.165) is 24.1 Å². The third-order valence-electron chi connectivity index (χ3n) is 3.34. The van der Waals surface area contributed by atoms with Crippen LogP contribution in [0.15, 0.2) is 36.8 Å². The number of rotatable bonds is 5. The Labute approximate surface area is 114 Å². The van der Waals surface area contributed by atoms with Crippen LogP contribution in [0.25, 0.3) is 0 Å². The van der Waals surface area contributed by atoms with Gasteiger partial charge < -0.3 is 9.67 Å². The van der Waals surface area contributed by atoms with Crippen molar-refractivity contribution in [2.75, 3.05) is 0 Å². The molecule has 0 aliphatic heterocycles. The van der Waals surface area contributed by atoms with Gasteiger partial charge in [-0.3, -0.25) is 0 Å². The zero-order valence-electron chi connectivity index (χ0n) is 11.9. The first-order valence-electron chi connectivity index (χ1n) is 6.92. The molecule has 2 rings (SSSR count). The van der Waals surface area contributed by atoms with E-state index in [-0.39, 0.29) is 0 Å². The molecule has 1 atom stereocenters. The topological polar surface area (TPSA) is 38.1 Å². The first kappa shape index (κ1) is 13.8. The predicted molar refractivity (Wildman–Crippen MR) is 77.1 cm³/mol. The van der Waals surface area contributed by atoms with E-state index in [1.54, 1.807) is 12.5 Å². The summed E-state index contributed by atoms with van der Waals surface area (Å²) in [5.74, 6) is 0. The molecule has 1 aromatic heterocycles. The number of aliphatic hydroxyl groups excluding tert-OH is 1. The summed E-state index contributed by atoms with van der Waals surface area (Å²) in [4.78, 5) is 4.15. The summed E-state index contributed by atoms with van der Waals surface area (Å²) in [6.45, 7) is 6.34. The van der Waals surface area contributed by atoms with Crippen LogP contribution in [0.2, 0.25) is 0 Å². The third-order valence-corrected chi connectivity index (χ3v) is 3.34. The number of aryl methyl sites for hydroxylation is 1. The van der Waals surface area contributed by atoms with Crippen LogP contribution in [-0.4, -0.2) is 14.7 Å². The fourth-order valence-corrected chi connectivity index (χ4v) is 2.34. The summed E-state index contributed by atoms with van der Waals surface area (Å²) in [5.41, 5.74) is 3.06. The number of hydrogen-bond acceptors (Lipinski definition) is 2. The van der Waals surface area contributed by atoms with E-state index >= 15 is 0 Å². The van der Waals surface area contributed by atoms with E-state index in [4.69, 9.17) is 0 Å². The van der Waals surface area contributed by atoms with Crippen molar-refractivity contribution >= 4 is 0 Å². The molecule has 1 unspecified atom stereocenters. The van der Waals surface area contributed by atoms with Gasteiger partial charge in [-0.1, -0.05) is 37.6 Å². The van der Waals surface area contributed by atoms with Crippen LogP contribution < -0.4 is 0 Å². The Morgan fingerprint density at radius 1 is 1.32 bits per heavy atom. The summed E-state index contributed by atoms with van der Waals surface area (Å²) in [6.07, 6.45) is 5.07.